The number of aromatic nitrogens is 2. The second-order valence-corrected chi connectivity index (χ2v) is 4.53. The highest BCUT2D eigenvalue weighted by Gasteiger charge is 2.09. The maximum atomic E-state index is 11.3. The van der Waals surface area contributed by atoms with Crippen LogP contribution in [0.2, 0.25) is 0 Å². The zero-order valence-electron chi connectivity index (χ0n) is 10.9. The first-order valence-electron chi connectivity index (χ1n) is 6.23. The Balaban J connectivity index is 2.23. The first-order valence-corrected chi connectivity index (χ1v) is 6.23. The van der Waals surface area contributed by atoms with Crippen LogP contribution in [0.15, 0.2) is 48.9 Å². The summed E-state index contributed by atoms with van der Waals surface area (Å²) in [5, 5.41) is 9.64. The standard InChI is InChI=1S/C16H10N4O/c17-6-10-1-3-11(4-2-10)14-8-19-9-15-13(14)5-12(7-20-15)16(18)21/h1-5,7-9H,(H2,18,21). The minimum atomic E-state index is -0.521. The van der Waals surface area contributed by atoms with Gasteiger partial charge in [0.05, 0.1) is 28.9 Å². The van der Waals surface area contributed by atoms with Gasteiger partial charge in [-0.05, 0) is 23.8 Å². The van der Waals surface area contributed by atoms with Crippen molar-refractivity contribution in [3.8, 4) is 17.2 Å². The summed E-state index contributed by atoms with van der Waals surface area (Å²) in [7, 11) is 0. The maximum absolute atomic E-state index is 11.3. The van der Waals surface area contributed by atoms with E-state index >= 15 is 0 Å². The van der Waals surface area contributed by atoms with Gasteiger partial charge < -0.3 is 5.73 Å². The molecule has 1 aromatic carbocycles. The van der Waals surface area contributed by atoms with Gasteiger partial charge in [0.2, 0.25) is 5.91 Å². The predicted octanol–water partition coefficient (Wildman–Crippen LogP) is 2.27. The van der Waals surface area contributed by atoms with Crippen molar-refractivity contribution < 1.29 is 4.79 Å². The highest BCUT2D eigenvalue weighted by atomic mass is 16.1. The van der Waals surface area contributed by atoms with E-state index in [0.29, 0.717) is 16.6 Å². The normalized spacial score (nSPS) is 10.2. The number of nitrogens with two attached hydrogens (primary N) is 1. The van der Waals surface area contributed by atoms with Crippen LogP contribution in [0.4, 0.5) is 0 Å². The molecule has 5 heteroatoms. The second-order valence-electron chi connectivity index (χ2n) is 4.53. The third kappa shape index (κ3) is 2.30. The molecule has 2 heterocycles. The van der Waals surface area contributed by atoms with Gasteiger partial charge in [0.1, 0.15) is 0 Å². The molecule has 0 atom stereocenters. The van der Waals surface area contributed by atoms with Gasteiger partial charge in [-0.15, -0.1) is 0 Å². The van der Waals surface area contributed by atoms with Gasteiger partial charge in [-0.25, -0.2) is 0 Å². The number of nitrogens with zero attached hydrogens (tertiary/aromatic N) is 3. The number of rotatable bonds is 2. The van der Waals surface area contributed by atoms with Gasteiger partial charge in [0.15, 0.2) is 0 Å². The summed E-state index contributed by atoms with van der Waals surface area (Å²) in [5.74, 6) is -0.521. The number of primary amides is 1. The molecule has 1 amide bonds. The van der Waals surface area contributed by atoms with Crippen LogP contribution in [0.3, 0.4) is 0 Å². The van der Waals surface area contributed by atoms with Crippen molar-refractivity contribution in [1.29, 1.82) is 5.26 Å². The van der Waals surface area contributed by atoms with Gasteiger partial charge in [0, 0.05) is 23.3 Å². The van der Waals surface area contributed by atoms with Crippen molar-refractivity contribution in [2.24, 2.45) is 5.73 Å². The molecule has 0 saturated carbocycles. The van der Waals surface area contributed by atoms with Crippen LogP contribution in [0.1, 0.15) is 15.9 Å². The Morgan fingerprint density at radius 3 is 2.57 bits per heavy atom. The number of carbonyl (C=O) groups excluding carboxylic acids is 1. The Hall–Kier alpha value is -3.26. The van der Waals surface area contributed by atoms with E-state index in [2.05, 4.69) is 16.0 Å². The van der Waals surface area contributed by atoms with E-state index in [1.54, 1.807) is 30.6 Å². The highest BCUT2D eigenvalue weighted by Crippen LogP contribution is 2.27. The molecule has 0 unspecified atom stereocenters. The van der Waals surface area contributed by atoms with Gasteiger partial charge in [-0.2, -0.15) is 5.26 Å². The van der Waals surface area contributed by atoms with Gasteiger partial charge in [-0.1, -0.05) is 12.1 Å². The molecule has 0 aliphatic heterocycles. The lowest BCUT2D eigenvalue weighted by molar-refractivity contribution is 0.1000. The lowest BCUT2D eigenvalue weighted by Crippen LogP contribution is -2.11. The summed E-state index contributed by atoms with van der Waals surface area (Å²) in [6, 6.07) is 10.9. The van der Waals surface area contributed by atoms with Crippen LogP contribution in [-0.2, 0) is 0 Å². The van der Waals surface area contributed by atoms with Gasteiger partial charge in [-0.3, -0.25) is 14.8 Å². The van der Waals surface area contributed by atoms with Crippen LogP contribution in [-0.4, -0.2) is 15.9 Å². The van der Waals surface area contributed by atoms with E-state index in [-0.39, 0.29) is 0 Å². The molecule has 5 nitrogen and oxygen atoms in total. The topological polar surface area (TPSA) is 92.7 Å². The van der Waals surface area contributed by atoms with Crippen LogP contribution in [0.25, 0.3) is 22.0 Å². The number of fused-ring (bicyclic) bond motifs is 1. The van der Waals surface area contributed by atoms with Crippen LogP contribution in [0, 0.1) is 11.3 Å². The molecule has 3 aromatic rings. The average molecular weight is 274 g/mol. The molecule has 3 rings (SSSR count). The lowest BCUT2D eigenvalue weighted by Gasteiger charge is -2.07. The molecule has 0 saturated heterocycles. The van der Waals surface area contributed by atoms with Crippen molar-refractivity contribution >= 4 is 16.8 Å². The van der Waals surface area contributed by atoms with Gasteiger partial charge >= 0.3 is 0 Å². The predicted molar refractivity (Wildman–Crippen MR) is 78.2 cm³/mol. The highest BCUT2D eigenvalue weighted by molar-refractivity contribution is 6.00. The summed E-state index contributed by atoms with van der Waals surface area (Å²) in [4.78, 5) is 19.7. The zero-order valence-corrected chi connectivity index (χ0v) is 10.9. The summed E-state index contributed by atoms with van der Waals surface area (Å²) < 4.78 is 0. The fraction of sp³-hybridized carbons (Fsp3) is 0. The molecule has 2 aromatic heterocycles. The van der Waals surface area contributed by atoms with E-state index in [9.17, 15) is 4.79 Å². The molecular formula is C16H10N4O. The maximum Gasteiger partial charge on any atom is 0.250 e. The number of hydrogen-bond acceptors (Lipinski definition) is 4. The Morgan fingerprint density at radius 2 is 1.90 bits per heavy atom. The smallest absolute Gasteiger partial charge is 0.250 e. The first kappa shape index (κ1) is 12.8. The van der Waals surface area contributed by atoms with Crippen molar-refractivity contribution in [3.63, 3.8) is 0 Å². The summed E-state index contributed by atoms with van der Waals surface area (Å²) in [6.45, 7) is 0. The minimum Gasteiger partial charge on any atom is -0.366 e. The van der Waals surface area contributed by atoms with E-state index in [4.69, 9.17) is 11.0 Å². The fourth-order valence-electron chi connectivity index (χ4n) is 2.13. The number of nitriles is 1. The van der Waals surface area contributed by atoms with Crippen molar-refractivity contribution in [1.82, 2.24) is 9.97 Å². The molecule has 0 aliphatic carbocycles. The fourth-order valence-corrected chi connectivity index (χ4v) is 2.13. The molecular weight excluding hydrogens is 264 g/mol. The second kappa shape index (κ2) is 5.02. The van der Waals surface area contributed by atoms with E-state index in [1.165, 1.54) is 6.20 Å². The largest absolute Gasteiger partial charge is 0.366 e. The van der Waals surface area contributed by atoms with Crippen molar-refractivity contribution in [2.45, 2.75) is 0 Å². The summed E-state index contributed by atoms with van der Waals surface area (Å²) >= 11 is 0. The Morgan fingerprint density at radius 1 is 1.14 bits per heavy atom. The molecule has 2 N–H and O–H groups in total. The zero-order chi connectivity index (χ0) is 14.8. The molecule has 0 spiro atoms. The summed E-state index contributed by atoms with van der Waals surface area (Å²) in [6.07, 6.45) is 4.78. The SMILES string of the molecule is N#Cc1ccc(-c2cncc3ncc(C(N)=O)cc23)cc1. The number of amides is 1. The Kier molecular flexibility index (Phi) is 3.05. The number of hydrogen-bond donors (Lipinski definition) is 1. The number of pyridine rings is 2. The first-order chi connectivity index (χ1) is 10.2. The minimum absolute atomic E-state index is 0.351. The van der Waals surface area contributed by atoms with Crippen molar-refractivity contribution in [2.75, 3.05) is 0 Å². The Labute approximate surface area is 120 Å². The van der Waals surface area contributed by atoms with E-state index < -0.39 is 5.91 Å². The lowest BCUT2D eigenvalue weighted by atomic mass is 10.0. The third-order valence-electron chi connectivity index (χ3n) is 3.22. The van der Waals surface area contributed by atoms with Crippen LogP contribution >= 0.6 is 0 Å². The van der Waals surface area contributed by atoms with E-state index in [1.807, 2.05) is 12.1 Å². The van der Waals surface area contributed by atoms with Crippen LogP contribution < -0.4 is 5.73 Å². The van der Waals surface area contributed by atoms with Gasteiger partial charge in [0.25, 0.3) is 0 Å². The molecule has 0 bridgehead atoms. The average Bonchev–Trinajstić information content (AvgIpc) is 2.54. The monoisotopic (exact) mass is 274 g/mol. The van der Waals surface area contributed by atoms with Crippen molar-refractivity contribution in [3.05, 3.63) is 60.0 Å². The number of benzene rings is 1. The number of carbonyl (C=O) groups is 1. The molecule has 21 heavy (non-hydrogen) atoms. The Bertz CT molecular complexity index is 879. The summed E-state index contributed by atoms with van der Waals surface area (Å²) in [5.41, 5.74) is 8.66. The van der Waals surface area contributed by atoms with E-state index in [0.717, 1.165) is 16.5 Å². The van der Waals surface area contributed by atoms with Crippen LogP contribution in [0.5, 0.6) is 0 Å². The molecule has 0 radical (unpaired) electrons. The molecule has 0 aliphatic rings. The quantitative estimate of drug-likeness (QED) is 0.775. The third-order valence-corrected chi connectivity index (χ3v) is 3.22. The molecule has 100 valence electrons. The molecule has 0 fully saturated rings.